The van der Waals surface area contributed by atoms with Crippen molar-refractivity contribution in [1.82, 2.24) is 0 Å². The number of nitriles is 2. The van der Waals surface area contributed by atoms with Gasteiger partial charge < -0.3 is 10.6 Å². The second-order valence-electron chi connectivity index (χ2n) is 3.67. The molecule has 0 saturated carbocycles. The second-order valence-corrected chi connectivity index (χ2v) is 4.08. The molecule has 5 heteroatoms. The molecule has 0 amide bonds. The van der Waals surface area contributed by atoms with Crippen molar-refractivity contribution in [3.63, 3.8) is 0 Å². The predicted octanol–water partition coefficient (Wildman–Crippen LogP) is 2.21. The van der Waals surface area contributed by atoms with Crippen LogP contribution in [0.2, 0.25) is 5.02 Å². The summed E-state index contributed by atoms with van der Waals surface area (Å²) in [5.74, 6) is 0. The van der Waals surface area contributed by atoms with Crippen LogP contribution >= 0.6 is 11.6 Å². The summed E-state index contributed by atoms with van der Waals surface area (Å²) in [6.07, 6.45) is 0. The van der Waals surface area contributed by atoms with Crippen LogP contribution in [0, 0.1) is 22.7 Å². The third-order valence-electron chi connectivity index (χ3n) is 2.36. The molecule has 0 aliphatic heterocycles. The van der Waals surface area contributed by atoms with Crippen molar-refractivity contribution < 1.29 is 0 Å². The Morgan fingerprint density at radius 1 is 1.35 bits per heavy atom. The lowest BCUT2D eigenvalue weighted by Crippen LogP contribution is -2.24. The van der Waals surface area contributed by atoms with Gasteiger partial charge in [-0.3, -0.25) is 0 Å². The van der Waals surface area contributed by atoms with E-state index in [2.05, 4.69) is 0 Å². The first-order chi connectivity index (χ1) is 8.10. The number of hydrogen-bond acceptors (Lipinski definition) is 4. The van der Waals surface area contributed by atoms with Gasteiger partial charge in [0.05, 0.1) is 22.8 Å². The highest BCUT2D eigenvalue weighted by atomic mass is 35.5. The minimum absolute atomic E-state index is 0.0954. The monoisotopic (exact) mass is 248 g/mol. The lowest BCUT2D eigenvalue weighted by molar-refractivity contribution is 0.817. The molecule has 0 spiro atoms. The number of benzene rings is 1. The number of halogens is 1. The molecular weight excluding hydrogens is 236 g/mol. The van der Waals surface area contributed by atoms with E-state index >= 15 is 0 Å². The third-order valence-corrected chi connectivity index (χ3v) is 2.66. The van der Waals surface area contributed by atoms with Gasteiger partial charge in [-0.1, -0.05) is 17.7 Å². The van der Waals surface area contributed by atoms with Gasteiger partial charge in [0.15, 0.2) is 0 Å². The van der Waals surface area contributed by atoms with Gasteiger partial charge in [-0.25, -0.2) is 0 Å². The number of anilines is 1. The van der Waals surface area contributed by atoms with Crippen molar-refractivity contribution >= 4 is 17.3 Å². The standard InChI is InChI=1S/C12H13ClN4/c1-9(16)10-2-3-12(11(13)8-10)17(6-4-14)7-5-15/h2-3,8-9H,6-7,16H2,1H3/t9-/m1/s1. The fourth-order valence-corrected chi connectivity index (χ4v) is 1.77. The van der Waals surface area contributed by atoms with Gasteiger partial charge >= 0.3 is 0 Å². The molecule has 1 atom stereocenters. The topological polar surface area (TPSA) is 76.8 Å². The Labute approximate surface area is 106 Å². The summed E-state index contributed by atoms with van der Waals surface area (Å²) in [6, 6.07) is 9.33. The molecular formula is C12H13ClN4. The number of rotatable bonds is 4. The van der Waals surface area contributed by atoms with Crippen LogP contribution in [0.3, 0.4) is 0 Å². The zero-order valence-corrected chi connectivity index (χ0v) is 10.3. The maximum Gasteiger partial charge on any atom is 0.107 e. The lowest BCUT2D eigenvalue weighted by Gasteiger charge is -2.20. The smallest absolute Gasteiger partial charge is 0.107 e. The summed E-state index contributed by atoms with van der Waals surface area (Å²) < 4.78 is 0. The molecule has 0 fully saturated rings. The van der Waals surface area contributed by atoms with E-state index in [1.54, 1.807) is 17.0 Å². The van der Waals surface area contributed by atoms with Crippen molar-refractivity contribution in [2.24, 2.45) is 5.73 Å². The van der Waals surface area contributed by atoms with Gasteiger partial charge in [0, 0.05) is 6.04 Å². The molecule has 0 bridgehead atoms. The minimum atomic E-state index is -0.0954. The quantitative estimate of drug-likeness (QED) is 0.829. The van der Waals surface area contributed by atoms with Crippen molar-refractivity contribution in [3.05, 3.63) is 28.8 Å². The zero-order valence-electron chi connectivity index (χ0n) is 9.52. The summed E-state index contributed by atoms with van der Waals surface area (Å²) in [6.45, 7) is 2.13. The highest BCUT2D eigenvalue weighted by Crippen LogP contribution is 2.28. The van der Waals surface area contributed by atoms with Gasteiger partial charge in [-0.15, -0.1) is 0 Å². The maximum atomic E-state index is 8.69. The SMILES string of the molecule is C[C@@H](N)c1ccc(N(CC#N)CC#N)c(Cl)c1. The summed E-state index contributed by atoms with van der Waals surface area (Å²) >= 11 is 6.12. The van der Waals surface area contributed by atoms with Crippen molar-refractivity contribution in [3.8, 4) is 12.1 Å². The molecule has 1 rings (SSSR count). The van der Waals surface area contributed by atoms with E-state index in [0.717, 1.165) is 5.56 Å². The Balaban J connectivity index is 3.05. The normalized spacial score (nSPS) is 11.4. The van der Waals surface area contributed by atoms with Gasteiger partial charge in [0.25, 0.3) is 0 Å². The first-order valence-corrected chi connectivity index (χ1v) is 5.51. The number of nitrogens with zero attached hydrogens (tertiary/aromatic N) is 3. The van der Waals surface area contributed by atoms with Crippen molar-refractivity contribution in [1.29, 1.82) is 10.5 Å². The first kappa shape index (κ1) is 13.3. The summed E-state index contributed by atoms with van der Waals surface area (Å²) in [5, 5.41) is 17.9. The van der Waals surface area contributed by atoms with Gasteiger partial charge in [0.2, 0.25) is 0 Å². The van der Waals surface area contributed by atoms with Gasteiger partial charge in [-0.2, -0.15) is 10.5 Å². The molecule has 0 radical (unpaired) electrons. The van der Waals surface area contributed by atoms with Crippen LogP contribution in [0.25, 0.3) is 0 Å². The third kappa shape index (κ3) is 3.35. The van der Waals surface area contributed by atoms with E-state index in [9.17, 15) is 0 Å². The minimum Gasteiger partial charge on any atom is -0.344 e. The Kier molecular flexibility index (Phi) is 4.78. The van der Waals surface area contributed by atoms with Crippen LogP contribution in [0.1, 0.15) is 18.5 Å². The Hall–Kier alpha value is -1.75. The summed E-state index contributed by atoms with van der Waals surface area (Å²) in [4.78, 5) is 1.62. The molecule has 0 aliphatic carbocycles. The van der Waals surface area contributed by atoms with E-state index < -0.39 is 0 Å². The van der Waals surface area contributed by atoms with Gasteiger partial charge in [0.1, 0.15) is 13.1 Å². The highest BCUT2D eigenvalue weighted by molar-refractivity contribution is 6.33. The van der Waals surface area contributed by atoms with Crippen molar-refractivity contribution in [2.75, 3.05) is 18.0 Å². The summed E-state index contributed by atoms with van der Waals surface area (Å²) in [5.41, 5.74) is 7.35. The molecule has 2 N–H and O–H groups in total. The van der Waals surface area contributed by atoms with Gasteiger partial charge in [-0.05, 0) is 24.6 Å². The fraction of sp³-hybridized carbons (Fsp3) is 0.333. The van der Waals surface area contributed by atoms with Crippen LogP contribution in [-0.4, -0.2) is 13.1 Å². The molecule has 0 aliphatic rings. The Morgan fingerprint density at radius 2 is 1.94 bits per heavy atom. The molecule has 4 nitrogen and oxygen atoms in total. The molecule has 0 saturated heterocycles. The van der Waals surface area contributed by atoms with E-state index in [0.29, 0.717) is 10.7 Å². The molecule has 88 valence electrons. The van der Waals surface area contributed by atoms with Crippen LogP contribution in [0.15, 0.2) is 18.2 Å². The lowest BCUT2D eigenvalue weighted by atomic mass is 10.1. The Morgan fingerprint density at radius 3 is 2.35 bits per heavy atom. The molecule has 1 aromatic carbocycles. The van der Waals surface area contributed by atoms with Crippen LogP contribution in [0.4, 0.5) is 5.69 Å². The van der Waals surface area contributed by atoms with E-state index in [-0.39, 0.29) is 19.1 Å². The zero-order chi connectivity index (χ0) is 12.8. The predicted molar refractivity (Wildman–Crippen MR) is 67.5 cm³/mol. The fourth-order valence-electron chi connectivity index (χ4n) is 1.46. The first-order valence-electron chi connectivity index (χ1n) is 5.14. The summed E-state index contributed by atoms with van der Waals surface area (Å²) in [7, 11) is 0. The second kappa shape index (κ2) is 6.10. The average molecular weight is 249 g/mol. The van der Waals surface area contributed by atoms with E-state index in [4.69, 9.17) is 27.9 Å². The number of hydrogen-bond donors (Lipinski definition) is 1. The van der Waals surface area contributed by atoms with E-state index in [1.807, 2.05) is 25.1 Å². The molecule has 1 aromatic rings. The van der Waals surface area contributed by atoms with Crippen LogP contribution in [-0.2, 0) is 0 Å². The molecule has 0 unspecified atom stereocenters. The van der Waals surface area contributed by atoms with Crippen LogP contribution < -0.4 is 10.6 Å². The highest BCUT2D eigenvalue weighted by Gasteiger charge is 2.11. The largest absolute Gasteiger partial charge is 0.344 e. The molecule has 0 heterocycles. The molecule has 0 aromatic heterocycles. The van der Waals surface area contributed by atoms with Crippen LogP contribution in [0.5, 0.6) is 0 Å². The number of nitrogens with two attached hydrogens (primary N) is 1. The van der Waals surface area contributed by atoms with Crippen molar-refractivity contribution in [2.45, 2.75) is 13.0 Å². The van der Waals surface area contributed by atoms with E-state index in [1.165, 1.54) is 0 Å². The average Bonchev–Trinajstić information content (AvgIpc) is 2.28. The Bertz CT molecular complexity index is 454. The molecule has 17 heavy (non-hydrogen) atoms. The maximum absolute atomic E-state index is 8.69.